The minimum Gasteiger partial charge on any atom is -0.356 e. The Balaban J connectivity index is 2.03. The normalized spacial score (nSPS) is 19.4. The zero-order valence-corrected chi connectivity index (χ0v) is 10.5. The van der Waals surface area contributed by atoms with Gasteiger partial charge in [0.2, 0.25) is 5.91 Å². The first kappa shape index (κ1) is 13.5. The molecule has 94 valence electrons. The fraction of sp³-hybridized carbons (Fsp3) is 0.923. The fourth-order valence-electron chi connectivity index (χ4n) is 2.36. The average Bonchev–Trinajstić information content (AvgIpc) is 2.30. The van der Waals surface area contributed by atoms with Gasteiger partial charge in [0.15, 0.2) is 0 Å². The van der Waals surface area contributed by atoms with Crippen LogP contribution in [0.2, 0.25) is 0 Å². The first-order valence-electron chi connectivity index (χ1n) is 6.69. The summed E-state index contributed by atoms with van der Waals surface area (Å²) in [7, 11) is 0. The van der Waals surface area contributed by atoms with Crippen LogP contribution in [0.4, 0.5) is 0 Å². The van der Waals surface area contributed by atoms with Gasteiger partial charge in [-0.15, -0.1) is 0 Å². The molecule has 0 aromatic heterocycles. The predicted octanol–water partition coefficient (Wildman–Crippen LogP) is 2.06. The van der Waals surface area contributed by atoms with Crippen molar-refractivity contribution in [2.24, 2.45) is 17.6 Å². The van der Waals surface area contributed by atoms with Crippen LogP contribution in [0.3, 0.4) is 0 Å². The highest BCUT2D eigenvalue weighted by molar-refractivity contribution is 5.76. The lowest BCUT2D eigenvalue weighted by Gasteiger charge is -2.21. The first-order valence-corrected chi connectivity index (χ1v) is 6.69. The van der Waals surface area contributed by atoms with E-state index in [0.717, 1.165) is 18.9 Å². The molecular weight excluding hydrogens is 200 g/mol. The number of hydrogen-bond donors (Lipinski definition) is 2. The molecule has 3 heteroatoms. The Morgan fingerprint density at radius 1 is 1.38 bits per heavy atom. The summed E-state index contributed by atoms with van der Waals surface area (Å²) in [6.07, 6.45) is 8.59. The molecule has 3 nitrogen and oxygen atoms in total. The molecule has 1 aliphatic rings. The van der Waals surface area contributed by atoms with Gasteiger partial charge in [0.1, 0.15) is 0 Å². The van der Waals surface area contributed by atoms with Gasteiger partial charge in [0.25, 0.3) is 0 Å². The maximum atomic E-state index is 11.5. The van der Waals surface area contributed by atoms with Crippen LogP contribution in [-0.2, 0) is 4.79 Å². The van der Waals surface area contributed by atoms with Crippen molar-refractivity contribution in [3.8, 4) is 0 Å². The quantitative estimate of drug-likeness (QED) is 0.728. The van der Waals surface area contributed by atoms with Crippen LogP contribution in [-0.4, -0.2) is 19.0 Å². The zero-order chi connectivity index (χ0) is 11.8. The molecule has 16 heavy (non-hydrogen) atoms. The van der Waals surface area contributed by atoms with Crippen molar-refractivity contribution in [3.05, 3.63) is 0 Å². The SMILES string of the molecule is CC(CN)CC(=O)NCCC1CCCCC1. The lowest BCUT2D eigenvalue weighted by Crippen LogP contribution is -2.29. The molecule has 0 aromatic carbocycles. The third-order valence-electron chi connectivity index (χ3n) is 3.54. The van der Waals surface area contributed by atoms with Gasteiger partial charge in [-0.2, -0.15) is 0 Å². The molecule has 1 atom stereocenters. The zero-order valence-electron chi connectivity index (χ0n) is 10.5. The van der Waals surface area contributed by atoms with E-state index in [0.29, 0.717) is 18.9 Å². The minimum atomic E-state index is 0.161. The molecule has 1 fully saturated rings. The predicted molar refractivity (Wildman–Crippen MR) is 67.0 cm³/mol. The van der Waals surface area contributed by atoms with Crippen molar-refractivity contribution in [2.45, 2.75) is 51.9 Å². The van der Waals surface area contributed by atoms with E-state index < -0.39 is 0 Å². The smallest absolute Gasteiger partial charge is 0.220 e. The second-order valence-corrected chi connectivity index (χ2v) is 5.19. The Morgan fingerprint density at radius 3 is 2.69 bits per heavy atom. The van der Waals surface area contributed by atoms with E-state index >= 15 is 0 Å². The molecule has 0 saturated heterocycles. The van der Waals surface area contributed by atoms with Gasteiger partial charge in [-0.05, 0) is 24.8 Å². The summed E-state index contributed by atoms with van der Waals surface area (Å²) < 4.78 is 0. The number of carbonyl (C=O) groups excluding carboxylic acids is 1. The lowest BCUT2D eigenvalue weighted by molar-refractivity contribution is -0.121. The molecule has 0 heterocycles. The van der Waals surface area contributed by atoms with Gasteiger partial charge in [-0.25, -0.2) is 0 Å². The standard InChI is InChI=1S/C13H26N2O/c1-11(10-14)9-13(16)15-8-7-12-5-3-2-4-6-12/h11-12H,2-10,14H2,1H3,(H,15,16). The molecule has 1 rings (SSSR count). The Bertz CT molecular complexity index is 200. The summed E-state index contributed by atoms with van der Waals surface area (Å²) >= 11 is 0. The topological polar surface area (TPSA) is 55.1 Å². The van der Waals surface area contributed by atoms with Crippen molar-refractivity contribution >= 4 is 5.91 Å². The van der Waals surface area contributed by atoms with Gasteiger partial charge in [0.05, 0.1) is 0 Å². The fourth-order valence-corrected chi connectivity index (χ4v) is 2.36. The third kappa shape index (κ3) is 5.50. The van der Waals surface area contributed by atoms with Crippen LogP contribution in [0, 0.1) is 11.8 Å². The maximum Gasteiger partial charge on any atom is 0.220 e. The summed E-state index contributed by atoms with van der Waals surface area (Å²) in [5.41, 5.74) is 5.49. The summed E-state index contributed by atoms with van der Waals surface area (Å²) in [6, 6.07) is 0. The first-order chi connectivity index (χ1) is 7.72. The van der Waals surface area contributed by atoms with Crippen LogP contribution >= 0.6 is 0 Å². The van der Waals surface area contributed by atoms with Crippen LogP contribution in [0.5, 0.6) is 0 Å². The van der Waals surface area contributed by atoms with Gasteiger partial charge in [-0.3, -0.25) is 4.79 Å². The summed E-state index contributed by atoms with van der Waals surface area (Å²) in [5, 5.41) is 3.00. The van der Waals surface area contributed by atoms with Crippen LogP contribution < -0.4 is 11.1 Å². The van der Waals surface area contributed by atoms with E-state index in [1.807, 2.05) is 6.92 Å². The van der Waals surface area contributed by atoms with E-state index in [2.05, 4.69) is 5.32 Å². The Morgan fingerprint density at radius 2 is 2.06 bits per heavy atom. The average molecular weight is 226 g/mol. The van der Waals surface area contributed by atoms with Crippen LogP contribution in [0.25, 0.3) is 0 Å². The number of nitrogens with one attached hydrogen (secondary N) is 1. The van der Waals surface area contributed by atoms with Gasteiger partial charge >= 0.3 is 0 Å². The number of amides is 1. The largest absolute Gasteiger partial charge is 0.356 e. The second-order valence-electron chi connectivity index (χ2n) is 5.19. The number of hydrogen-bond acceptors (Lipinski definition) is 2. The van der Waals surface area contributed by atoms with Gasteiger partial charge < -0.3 is 11.1 Å². The Kier molecular flexibility index (Phi) is 6.46. The van der Waals surface area contributed by atoms with Crippen molar-refractivity contribution in [1.82, 2.24) is 5.32 Å². The molecule has 0 aromatic rings. The highest BCUT2D eigenvalue weighted by Crippen LogP contribution is 2.25. The van der Waals surface area contributed by atoms with Crippen molar-refractivity contribution in [3.63, 3.8) is 0 Å². The molecule has 0 aliphatic heterocycles. The van der Waals surface area contributed by atoms with Crippen molar-refractivity contribution < 1.29 is 4.79 Å². The minimum absolute atomic E-state index is 0.161. The Hall–Kier alpha value is -0.570. The van der Waals surface area contributed by atoms with Crippen LogP contribution in [0.1, 0.15) is 51.9 Å². The number of carbonyl (C=O) groups is 1. The third-order valence-corrected chi connectivity index (χ3v) is 3.54. The van der Waals surface area contributed by atoms with Crippen molar-refractivity contribution in [1.29, 1.82) is 0 Å². The number of nitrogens with two attached hydrogens (primary N) is 1. The molecule has 3 N–H and O–H groups in total. The molecule has 1 aliphatic carbocycles. The summed E-state index contributed by atoms with van der Waals surface area (Å²) in [5.74, 6) is 1.31. The summed E-state index contributed by atoms with van der Waals surface area (Å²) in [4.78, 5) is 11.5. The maximum absolute atomic E-state index is 11.5. The molecular formula is C13H26N2O. The molecule has 1 saturated carbocycles. The Labute approximate surface area is 99.2 Å². The highest BCUT2D eigenvalue weighted by Gasteiger charge is 2.13. The molecule has 1 unspecified atom stereocenters. The molecule has 1 amide bonds. The summed E-state index contributed by atoms with van der Waals surface area (Å²) in [6.45, 7) is 3.46. The van der Waals surface area contributed by atoms with E-state index in [-0.39, 0.29) is 5.91 Å². The van der Waals surface area contributed by atoms with Crippen LogP contribution in [0.15, 0.2) is 0 Å². The second kappa shape index (κ2) is 7.66. The highest BCUT2D eigenvalue weighted by atomic mass is 16.1. The lowest BCUT2D eigenvalue weighted by atomic mass is 9.87. The monoisotopic (exact) mass is 226 g/mol. The van der Waals surface area contributed by atoms with E-state index in [9.17, 15) is 4.79 Å². The number of rotatable bonds is 6. The van der Waals surface area contributed by atoms with Crippen molar-refractivity contribution in [2.75, 3.05) is 13.1 Å². The molecule has 0 radical (unpaired) electrons. The van der Waals surface area contributed by atoms with E-state index in [1.165, 1.54) is 32.1 Å². The molecule has 0 bridgehead atoms. The van der Waals surface area contributed by atoms with Gasteiger partial charge in [0, 0.05) is 13.0 Å². The van der Waals surface area contributed by atoms with E-state index in [4.69, 9.17) is 5.73 Å². The van der Waals surface area contributed by atoms with Gasteiger partial charge in [-0.1, -0.05) is 39.0 Å². The molecule has 0 spiro atoms. The van der Waals surface area contributed by atoms with E-state index in [1.54, 1.807) is 0 Å².